The zero-order chi connectivity index (χ0) is 24.1. The smallest absolute Gasteiger partial charge is 0.244 e. The molecule has 1 fully saturated rings. The molecule has 0 radical (unpaired) electrons. The molecule has 1 aliphatic rings. The molecule has 1 heterocycles. The largest absolute Gasteiger partial charge is 0.497 e. The number of sulfonamides is 1. The number of anilines is 2. The Labute approximate surface area is 200 Å². The van der Waals surface area contributed by atoms with Crippen molar-refractivity contribution in [2.45, 2.75) is 30.6 Å². The Balaban J connectivity index is 1.28. The predicted octanol–water partition coefficient (Wildman–Crippen LogP) is 3.43. The standard InChI is InChI=1S/C24H31N5O4S/c1-32-18-11-12-21(33-2)22(13-18)34(30,31)27-15-17-9-7-16(8-10-17)14-26-24-28-20-6-4-3-5-19(20)23(25)29-24/h3-6,11-13,16-17,27H,7-10,14-15H2,1-2H3,(H3,25,26,28,29). The van der Waals surface area contributed by atoms with Crippen LogP contribution in [-0.2, 0) is 10.0 Å². The van der Waals surface area contributed by atoms with Crippen molar-refractivity contribution >= 4 is 32.7 Å². The van der Waals surface area contributed by atoms with Crippen LogP contribution in [-0.4, -0.2) is 45.7 Å². The monoisotopic (exact) mass is 485 g/mol. The molecule has 1 aromatic heterocycles. The van der Waals surface area contributed by atoms with Crippen LogP contribution in [0, 0.1) is 11.8 Å². The van der Waals surface area contributed by atoms with Crippen molar-refractivity contribution in [3.63, 3.8) is 0 Å². The number of nitrogens with zero attached hydrogens (tertiary/aromatic N) is 2. The van der Waals surface area contributed by atoms with Gasteiger partial charge in [-0.1, -0.05) is 12.1 Å². The Morgan fingerprint density at radius 3 is 2.38 bits per heavy atom. The number of para-hydroxylation sites is 1. The number of hydrogen-bond donors (Lipinski definition) is 3. The van der Waals surface area contributed by atoms with Crippen molar-refractivity contribution in [1.29, 1.82) is 0 Å². The molecule has 0 amide bonds. The summed E-state index contributed by atoms with van der Waals surface area (Å²) in [5.41, 5.74) is 6.89. The Kier molecular flexibility index (Phi) is 7.38. The quantitative estimate of drug-likeness (QED) is 0.421. The van der Waals surface area contributed by atoms with Crippen LogP contribution < -0.4 is 25.2 Å². The lowest BCUT2D eigenvalue weighted by Crippen LogP contribution is -2.32. The van der Waals surface area contributed by atoms with Crippen LogP contribution in [0.15, 0.2) is 47.4 Å². The molecule has 1 aliphatic carbocycles. The van der Waals surface area contributed by atoms with Crippen LogP contribution in [0.2, 0.25) is 0 Å². The Morgan fingerprint density at radius 1 is 0.971 bits per heavy atom. The van der Waals surface area contributed by atoms with Gasteiger partial charge in [0.15, 0.2) is 0 Å². The minimum absolute atomic E-state index is 0.0851. The molecule has 0 saturated heterocycles. The second kappa shape index (κ2) is 10.4. The average molecular weight is 486 g/mol. The molecule has 2 aromatic carbocycles. The molecule has 0 spiro atoms. The highest BCUT2D eigenvalue weighted by atomic mass is 32.2. The van der Waals surface area contributed by atoms with E-state index in [2.05, 4.69) is 20.0 Å². The summed E-state index contributed by atoms with van der Waals surface area (Å²) in [6.07, 6.45) is 3.91. The van der Waals surface area contributed by atoms with Gasteiger partial charge in [0.25, 0.3) is 0 Å². The van der Waals surface area contributed by atoms with Gasteiger partial charge in [0.2, 0.25) is 16.0 Å². The maximum absolute atomic E-state index is 12.9. The Morgan fingerprint density at radius 2 is 1.68 bits per heavy atom. The van der Waals surface area contributed by atoms with Gasteiger partial charge < -0.3 is 20.5 Å². The molecular weight excluding hydrogens is 454 g/mol. The molecule has 0 atom stereocenters. The van der Waals surface area contributed by atoms with Crippen LogP contribution in [0.1, 0.15) is 25.7 Å². The van der Waals surface area contributed by atoms with Gasteiger partial charge in [-0.3, -0.25) is 0 Å². The molecule has 4 rings (SSSR count). The maximum Gasteiger partial charge on any atom is 0.244 e. The number of aromatic nitrogens is 2. The van der Waals surface area contributed by atoms with E-state index >= 15 is 0 Å². The first-order valence-corrected chi connectivity index (χ1v) is 12.9. The van der Waals surface area contributed by atoms with E-state index in [0.29, 0.717) is 35.7 Å². The van der Waals surface area contributed by atoms with Crippen LogP contribution in [0.4, 0.5) is 11.8 Å². The number of nitrogens with one attached hydrogen (secondary N) is 2. The second-order valence-electron chi connectivity index (χ2n) is 8.59. The fourth-order valence-corrected chi connectivity index (χ4v) is 5.65. The summed E-state index contributed by atoms with van der Waals surface area (Å²) in [5.74, 6) is 2.53. The summed E-state index contributed by atoms with van der Waals surface area (Å²) < 4.78 is 38.9. The lowest BCUT2D eigenvalue weighted by atomic mass is 9.82. The minimum Gasteiger partial charge on any atom is -0.497 e. The molecular formula is C24H31N5O4S. The Bertz CT molecular complexity index is 1240. The highest BCUT2D eigenvalue weighted by molar-refractivity contribution is 7.89. The summed E-state index contributed by atoms with van der Waals surface area (Å²) in [7, 11) is -0.761. The van der Waals surface area contributed by atoms with Crippen molar-refractivity contribution in [3.05, 3.63) is 42.5 Å². The van der Waals surface area contributed by atoms with Gasteiger partial charge in [0.05, 0.1) is 19.7 Å². The predicted molar refractivity (Wildman–Crippen MR) is 133 cm³/mol. The van der Waals surface area contributed by atoms with E-state index in [1.54, 1.807) is 12.1 Å². The van der Waals surface area contributed by atoms with Gasteiger partial charge in [0.1, 0.15) is 22.2 Å². The lowest BCUT2D eigenvalue weighted by Gasteiger charge is -2.28. The fourth-order valence-electron chi connectivity index (χ4n) is 4.35. The van der Waals surface area contributed by atoms with Crippen molar-refractivity contribution in [2.75, 3.05) is 38.4 Å². The number of benzene rings is 2. The van der Waals surface area contributed by atoms with Crippen molar-refractivity contribution < 1.29 is 17.9 Å². The van der Waals surface area contributed by atoms with Gasteiger partial charge in [-0.2, -0.15) is 4.98 Å². The molecule has 182 valence electrons. The van der Waals surface area contributed by atoms with Gasteiger partial charge in [-0.05, 0) is 61.8 Å². The first kappa shape index (κ1) is 24.0. The molecule has 9 nitrogen and oxygen atoms in total. The van der Waals surface area contributed by atoms with Gasteiger partial charge in [0, 0.05) is 24.5 Å². The fraction of sp³-hybridized carbons (Fsp3) is 0.417. The zero-order valence-electron chi connectivity index (χ0n) is 19.5. The number of nitrogens with two attached hydrogens (primary N) is 1. The topological polar surface area (TPSA) is 128 Å². The minimum atomic E-state index is -3.71. The average Bonchev–Trinajstić information content (AvgIpc) is 2.86. The van der Waals surface area contributed by atoms with Crippen LogP contribution in [0.25, 0.3) is 10.9 Å². The third-order valence-electron chi connectivity index (χ3n) is 6.37. The third-order valence-corrected chi connectivity index (χ3v) is 7.81. The van der Waals surface area contributed by atoms with Crippen molar-refractivity contribution in [2.24, 2.45) is 11.8 Å². The number of rotatable bonds is 9. The normalized spacial score (nSPS) is 18.5. The lowest BCUT2D eigenvalue weighted by molar-refractivity contribution is 0.284. The first-order chi connectivity index (χ1) is 16.4. The molecule has 3 aromatic rings. The molecule has 4 N–H and O–H groups in total. The van der Waals surface area contributed by atoms with Crippen molar-refractivity contribution in [1.82, 2.24) is 14.7 Å². The molecule has 0 bridgehead atoms. The van der Waals surface area contributed by atoms with E-state index in [-0.39, 0.29) is 10.8 Å². The molecule has 0 unspecified atom stereocenters. The highest BCUT2D eigenvalue weighted by Crippen LogP contribution is 2.31. The van der Waals surface area contributed by atoms with E-state index in [1.165, 1.54) is 20.3 Å². The molecule has 10 heteroatoms. The van der Waals surface area contributed by atoms with E-state index in [9.17, 15) is 8.42 Å². The zero-order valence-corrected chi connectivity index (χ0v) is 20.3. The van der Waals surface area contributed by atoms with Gasteiger partial charge in [-0.15, -0.1) is 0 Å². The van der Waals surface area contributed by atoms with E-state index in [4.69, 9.17) is 15.2 Å². The summed E-state index contributed by atoms with van der Waals surface area (Å²) in [6, 6.07) is 12.4. The first-order valence-electron chi connectivity index (χ1n) is 11.4. The summed E-state index contributed by atoms with van der Waals surface area (Å²) in [5, 5.41) is 4.17. The molecule has 34 heavy (non-hydrogen) atoms. The SMILES string of the molecule is COc1ccc(OC)c(S(=O)(=O)NCC2CCC(CNc3nc(N)c4ccccc4n3)CC2)c1. The van der Waals surface area contributed by atoms with E-state index < -0.39 is 10.0 Å². The van der Waals surface area contributed by atoms with Crippen LogP contribution in [0.3, 0.4) is 0 Å². The number of ether oxygens (including phenoxy) is 2. The van der Waals surface area contributed by atoms with E-state index in [0.717, 1.165) is 43.1 Å². The van der Waals surface area contributed by atoms with Crippen LogP contribution in [0.5, 0.6) is 11.5 Å². The molecule has 0 aliphatic heterocycles. The third kappa shape index (κ3) is 5.51. The number of methoxy groups -OCH3 is 2. The molecule has 1 saturated carbocycles. The maximum atomic E-state index is 12.9. The highest BCUT2D eigenvalue weighted by Gasteiger charge is 2.25. The van der Waals surface area contributed by atoms with E-state index in [1.807, 2.05) is 24.3 Å². The summed E-state index contributed by atoms with van der Waals surface area (Å²) >= 11 is 0. The van der Waals surface area contributed by atoms with Crippen molar-refractivity contribution in [3.8, 4) is 11.5 Å². The van der Waals surface area contributed by atoms with Crippen LogP contribution >= 0.6 is 0 Å². The number of fused-ring (bicyclic) bond motifs is 1. The Hall–Kier alpha value is -3.11. The summed E-state index contributed by atoms with van der Waals surface area (Å²) in [4.78, 5) is 9.01. The van der Waals surface area contributed by atoms with Gasteiger partial charge in [-0.25, -0.2) is 18.1 Å². The summed E-state index contributed by atoms with van der Waals surface area (Å²) in [6.45, 7) is 1.16. The van der Waals surface area contributed by atoms with Gasteiger partial charge >= 0.3 is 0 Å². The number of nitrogen functional groups attached to an aromatic ring is 1. The second-order valence-corrected chi connectivity index (χ2v) is 10.3. The number of hydrogen-bond acceptors (Lipinski definition) is 8.